The molecule has 1 aromatic rings. The SMILES string of the molecule is CCCOCCc1nnc(CCCNCC(C)C)s1. The summed E-state index contributed by atoms with van der Waals surface area (Å²) in [4.78, 5) is 0. The summed E-state index contributed by atoms with van der Waals surface area (Å²) in [5.41, 5.74) is 0. The van der Waals surface area contributed by atoms with Crippen LogP contribution >= 0.6 is 11.3 Å². The van der Waals surface area contributed by atoms with Gasteiger partial charge >= 0.3 is 0 Å². The highest BCUT2D eigenvalue weighted by Gasteiger charge is 2.04. The van der Waals surface area contributed by atoms with Crippen molar-refractivity contribution in [3.05, 3.63) is 10.0 Å². The molecule has 1 heterocycles. The lowest BCUT2D eigenvalue weighted by Gasteiger charge is -2.05. The van der Waals surface area contributed by atoms with Crippen LogP contribution in [0, 0.1) is 5.92 Å². The largest absolute Gasteiger partial charge is 0.381 e. The minimum atomic E-state index is 0.719. The Hall–Kier alpha value is -0.520. The first-order valence-electron chi connectivity index (χ1n) is 7.32. The summed E-state index contributed by atoms with van der Waals surface area (Å²) in [5, 5.41) is 14.1. The van der Waals surface area contributed by atoms with Gasteiger partial charge in [-0.2, -0.15) is 0 Å². The zero-order valence-electron chi connectivity index (χ0n) is 12.4. The van der Waals surface area contributed by atoms with Crippen molar-refractivity contribution < 1.29 is 4.74 Å². The fourth-order valence-corrected chi connectivity index (χ4v) is 2.52. The van der Waals surface area contributed by atoms with E-state index in [-0.39, 0.29) is 0 Å². The molecule has 110 valence electrons. The smallest absolute Gasteiger partial charge is 0.119 e. The highest BCUT2D eigenvalue weighted by molar-refractivity contribution is 7.11. The van der Waals surface area contributed by atoms with Crippen LogP contribution in [0.3, 0.4) is 0 Å². The fraction of sp³-hybridized carbons (Fsp3) is 0.857. The van der Waals surface area contributed by atoms with Gasteiger partial charge in [-0.15, -0.1) is 21.5 Å². The Bertz CT molecular complexity index is 328. The van der Waals surface area contributed by atoms with E-state index in [9.17, 15) is 0 Å². The van der Waals surface area contributed by atoms with E-state index in [2.05, 4.69) is 36.3 Å². The molecule has 5 heteroatoms. The molecule has 0 fully saturated rings. The fourth-order valence-electron chi connectivity index (χ4n) is 1.65. The summed E-state index contributed by atoms with van der Waals surface area (Å²) in [6.07, 6.45) is 4.13. The molecule has 0 saturated heterocycles. The number of hydrogen-bond acceptors (Lipinski definition) is 5. The average Bonchev–Trinajstić information content (AvgIpc) is 2.82. The van der Waals surface area contributed by atoms with Gasteiger partial charge < -0.3 is 10.1 Å². The molecular formula is C14H27N3OS. The number of nitrogens with zero attached hydrogens (tertiary/aromatic N) is 2. The molecule has 0 bridgehead atoms. The van der Waals surface area contributed by atoms with Crippen molar-refractivity contribution >= 4 is 11.3 Å². The number of ether oxygens (including phenoxy) is 1. The summed E-state index contributed by atoms with van der Waals surface area (Å²) in [7, 11) is 0. The molecule has 0 aliphatic rings. The Morgan fingerprint density at radius 2 is 1.89 bits per heavy atom. The highest BCUT2D eigenvalue weighted by atomic mass is 32.1. The molecule has 0 saturated carbocycles. The van der Waals surface area contributed by atoms with Gasteiger partial charge in [0.15, 0.2) is 0 Å². The second kappa shape index (κ2) is 10.3. The molecule has 0 aromatic carbocycles. The molecule has 0 aliphatic heterocycles. The molecule has 0 amide bonds. The summed E-state index contributed by atoms with van der Waals surface area (Å²) >= 11 is 1.73. The van der Waals surface area contributed by atoms with E-state index in [1.54, 1.807) is 11.3 Å². The molecule has 0 spiro atoms. The molecule has 19 heavy (non-hydrogen) atoms. The Morgan fingerprint density at radius 1 is 1.16 bits per heavy atom. The Balaban J connectivity index is 2.09. The van der Waals surface area contributed by atoms with E-state index in [0.29, 0.717) is 0 Å². The van der Waals surface area contributed by atoms with Gasteiger partial charge in [0, 0.05) is 19.4 Å². The standard InChI is InChI=1S/C14H27N3OS/c1-4-9-18-10-7-14-17-16-13(19-14)6-5-8-15-11-12(2)3/h12,15H,4-11H2,1-3H3. The second-order valence-corrected chi connectivity index (χ2v) is 6.30. The topological polar surface area (TPSA) is 47.0 Å². The first-order valence-corrected chi connectivity index (χ1v) is 8.13. The van der Waals surface area contributed by atoms with Crippen molar-refractivity contribution in [2.75, 3.05) is 26.3 Å². The van der Waals surface area contributed by atoms with Crippen molar-refractivity contribution in [2.45, 2.75) is 46.5 Å². The summed E-state index contributed by atoms with van der Waals surface area (Å²) < 4.78 is 5.46. The van der Waals surface area contributed by atoms with Crippen molar-refractivity contribution in [1.82, 2.24) is 15.5 Å². The van der Waals surface area contributed by atoms with Crippen molar-refractivity contribution in [3.8, 4) is 0 Å². The third kappa shape index (κ3) is 8.29. The Labute approximate surface area is 121 Å². The second-order valence-electron chi connectivity index (χ2n) is 5.15. The van der Waals surface area contributed by atoms with E-state index < -0.39 is 0 Å². The van der Waals surface area contributed by atoms with Crippen LogP contribution in [0.2, 0.25) is 0 Å². The van der Waals surface area contributed by atoms with E-state index in [4.69, 9.17) is 4.74 Å². The number of nitrogens with one attached hydrogen (secondary N) is 1. The first-order chi connectivity index (χ1) is 9.22. The molecular weight excluding hydrogens is 258 g/mol. The third-order valence-electron chi connectivity index (χ3n) is 2.61. The minimum Gasteiger partial charge on any atom is -0.381 e. The zero-order valence-corrected chi connectivity index (χ0v) is 13.3. The minimum absolute atomic E-state index is 0.719. The van der Waals surface area contributed by atoms with Crippen LogP contribution < -0.4 is 5.32 Å². The maximum Gasteiger partial charge on any atom is 0.119 e. The predicted octanol–water partition coefficient (Wildman–Crippen LogP) is 2.69. The third-order valence-corrected chi connectivity index (χ3v) is 3.66. The summed E-state index contributed by atoms with van der Waals surface area (Å²) in [6.45, 7) is 10.3. The van der Waals surface area contributed by atoms with Crippen LogP contribution in [0.4, 0.5) is 0 Å². The molecule has 4 nitrogen and oxygen atoms in total. The normalized spacial score (nSPS) is 11.4. The predicted molar refractivity (Wildman–Crippen MR) is 80.8 cm³/mol. The lowest BCUT2D eigenvalue weighted by Crippen LogP contribution is -2.21. The molecule has 0 atom stereocenters. The van der Waals surface area contributed by atoms with Crippen LogP contribution in [0.5, 0.6) is 0 Å². The summed E-state index contributed by atoms with van der Waals surface area (Å²) in [5.74, 6) is 0.719. The van der Waals surface area contributed by atoms with Gasteiger partial charge in [-0.05, 0) is 31.8 Å². The lowest BCUT2D eigenvalue weighted by molar-refractivity contribution is 0.138. The van der Waals surface area contributed by atoms with Crippen LogP contribution in [-0.4, -0.2) is 36.5 Å². The molecule has 1 aromatic heterocycles. The van der Waals surface area contributed by atoms with E-state index in [1.165, 1.54) is 0 Å². The van der Waals surface area contributed by atoms with E-state index in [0.717, 1.165) is 67.9 Å². The van der Waals surface area contributed by atoms with Crippen molar-refractivity contribution in [3.63, 3.8) is 0 Å². The van der Waals surface area contributed by atoms with Gasteiger partial charge in [0.1, 0.15) is 10.0 Å². The summed E-state index contributed by atoms with van der Waals surface area (Å²) in [6, 6.07) is 0. The van der Waals surface area contributed by atoms with Gasteiger partial charge in [0.05, 0.1) is 6.61 Å². The lowest BCUT2D eigenvalue weighted by atomic mass is 10.2. The van der Waals surface area contributed by atoms with Gasteiger partial charge in [0.25, 0.3) is 0 Å². The molecule has 0 unspecified atom stereocenters. The molecule has 0 radical (unpaired) electrons. The van der Waals surface area contributed by atoms with Crippen LogP contribution in [-0.2, 0) is 17.6 Å². The maximum atomic E-state index is 5.46. The average molecular weight is 285 g/mol. The van der Waals surface area contributed by atoms with Gasteiger partial charge in [0.2, 0.25) is 0 Å². The number of rotatable bonds is 11. The van der Waals surface area contributed by atoms with Crippen LogP contribution in [0.15, 0.2) is 0 Å². The van der Waals surface area contributed by atoms with Crippen molar-refractivity contribution in [1.29, 1.82) is 0 Å². The molecule has 0 aliphatic carbocycles. The van der Waals surface area contributed by atoms with E-state index in [1.807, 2.05) is 0 Å². The zero-order chi connectivity index (χ0) is 13.9. The quantitative estimate of drug-likeness (QED) is 0.635. The number of aromatic nitrogens is 2. The molecule has 1 rings (SSSR count). The first kappa shape index (κ1) is 16.5. The van der Waals surface area contributed by atoms with E-state index >= 15 is 0 Å². The van der Waals surface area contributed by atoms with Gasteiger partial charge in [-0.3, -0.25) is 0 Å². The van der Waals surface area contributed by atoms with Crippen LogP contribution in [0.1, 0.15) is 43.6 Å². The van der Waals surface area contributed by atoms with Gasteiger partial charge in [-0.1, -0.05) is 20.8 Å². The monoisotopic (exact) mass is 285 g/mol. The van der Waals surface area contributed by atoms with Crippen molar-refractivity contribution in [2.24, 2.45) is 5.92 Å². The maximum absolute atomic E-state index is 5.46. The Morgan fingerprint density at radius 3 is 2.58 bits per heavy atom. The number of hydrogen-bond donors (Lipinski definition) is 1. The highest BCUT2D eigenvalue weighted by Crippen LogP contribution is 2.12. The Kier molecular flexibility index (Phi) is 8.95. The number of aryl methyl sites for hydroxylation is 1. The molecule has 1 N–H and O–H groups in total. The van der Waals surface area contributed by atoms with Gasteiger partial charge in [-0.25, -0.2) is 0 Å². The van der Waals surface area contributed by atoms with Crippen LogP contribution in [0.25, 0.3) is 0 Å².